The van der Waals surface area contributed by atoms with Gasteiger partial charge in [-0.3, -0.25) is 0 Å². The van der Waals surface area contributed by atoms with Crippen molar-refractivity contribution in [1.29, 1.82) is 0 Å². The highest BCUT2D eigenvalue weighted by Gasteiger charge is 2.58. The second-order valence-corrected chi connectivity index (χ2v) is 7.88. The number of benzene rings is 1. The Hall–Kier alpha value is -0.730. The van der Waals surface area contributed by atoms with E-state index < -0.39 is 0 Å². The molecule has 0 spiro atoms. The molecule has 3 atom stereocenters. The topological polar surface area (TPSA) is 32.3 Å². The fourth-order valence-corrected chi connectivity index (χ4v) is 4.92. The van der Waals surface area contributed by atoms with Crippen LogP contribution in [-0.2, 0) is 6.54 Å². The Morgan fingerprint density at radius 1 is 1.35 bits per heavy atom. The number of fused-ring (bicyclic) bond motifs is 2. The zero-order chi connectivity index (χ0) is 14.5. The molecule has 2 saturated carbocycles. The number of rotatable bonds is 3. The average molecular weight is 294 g/mol. The highest BCUT2D eigenvalue weighted by molar-refractivity contribution is 6.32. The molecular formula is C17H24ClNO. The molecule has 2 nitrogen and oxygen atoms in total. The van der Waals surface area contributed by atoms with Crippen LogP contribution >= 0.6 is 11.6 Å². The van der Waals surface area contributed by atoms with Crippen LogP contribution in [0.2, 0.25) is 5.02 Å². The van der Waals surface area contributed by atoms with Crippen molar-refractivity contribution < 1.29 is 5.11 Å². The number of halogens is 1. The van der Waals surface area contributed by atoms with Crippen LogP contribution < -0.4 is 5.32 Å². The molecule has 0 saturated heterocycles. The van der Waals surface area contributed by atoms with Crippen molar-refractivity contribution in [3.63, 3.8) is 0 Å². The van der Waals surface area contributed by atoms with Gasteiger partial charge in [0.05, 0.1) is 5.02 Å². The largest absolute Gasteiger partial charge is 0.506 e. The first-order valence-corrected chi connectivity index (χ1v) is 7.92. The summed E-state index contributed by atoms with van der Waals surface area (Å²) in [6.07, 6.45) is 4.02. The number of hydrogen-bond donors (Lipinski definition) is 2. The van der Waals surface area contributed by atoms with Gasteiger partial charge in [0.1, 0.15) is 5.75 Å². The number of hydrogen-bond acceptors (Lipinski definition) is 2. The number of phenols is 1. The van der Waals surface area contributed by atoms with E-state index in [0.717, 1.165) is 11.5 Å². The quantitative estimate of drug-likeness (QED) is 0.868. The maximum atomic E-state index is 10.0. The Morgan fingerprint density at radius 2 is 2.10 bits per heavy atom. The highest BCUT2D eigenvalue weighted by atomic mass is 35.5. The molecule has 2 aliphatic rings. The van der Waals surface area contributed by atoms with Gasteiger partial charge in [-0.25, -0.2) is 0 Å². The SMILES string of the molecule is CC12CCC(C1)C(C)(C)C2NCc1cccc(Cl)c1O. The molecule has 0 amide bonds. The fourth-order valence-electron chi connectivity index (χ4n) is 4.73. The van der Waals surface area contributed by atoms with E-state index in [1.54, 1.807) is 6.07 Å². The van der Waals surface area contributed by atoms with E-state index in [1.807, 2.05) is 12.1 Å². The standard InChI is InChI=1S/C17H24ClNO/c1-16(2)12-7-8-17(3,9-12)15(16)19-10-11-5-4-6-13(18)14(11)20/h4-6,12,15,19-20H,7-10H2,1-3H3. The molecule has 2 aliphatic carbocycles. The van der Waals surface area contributed by atoms with Crippen molar-refractivity contribution in [3.05, 3.63) is 28.8 Å². The summed E-state index contributed by atoms with van der Waals surface area (Å²) < 4.78 is 0. The number of nitrogens with one attached hydrogen (secondary N) is 1. The molecule has 0 heterocycles. The van der Waals surface area contributed by atoms with Gasteiger partial charge in [0.2, 0.25) is 0 Å². The molecule has 3 unspecified atom stereocenters. The van der Waals surface area contributed by atoms with E-state index in [1.165, 1.54) is 19.3 Å². The Bertz CT molecular complexity index is 523. The van der Waals surface area contributed by atoms with Crippen LogP contribution in [0.25, 0.3) is 0 Å². The van der Waals surface area contributed by atoms with Gasteiger partial charge in [-0.2, -0.15) is 0 Å². The lowest BCUT2D eigenvalue weighted by molar-refractivity contribution is 0.108. The van der Waals surface area contributed by atoms with E-state index in [4.69, 9.17) is 11.6 Å². The molecule has 2 fully saturated rings. The maximum absolute atomic E-state index is 10.0. The summed E-state index contributed by atoms with van der Waals surface area (Å²) in [5, 5.41) is 14.2. The van der Waals surface area contributed by atoms with Crippen molar-refractivity contribution in [3.8, 4) is 5.75 Å². The Kier molecular flexibility index (Phi) is 3.30. The molecular weight excluding hydrogens is 270 g/mol. The second kappa shape index (κ2) is 4.64. The van der Waals surface area contributed by atoms with Gasteiger partial charge >= 0.3 is 0 Å². The lowest BCUT2D eigenvalue weighted by atomic mass is 9.68. The predicted molar refractivity (Wildman–Crippen MR) is 83.0 cm³/mol. The van der Waals surface area contributed by atoms with Crippen LogP contribution in [0.4, 0.5) is 0 Å². The molecule has 3 rings (SSSR count). The summed E-state index contributed by atoms with van der Waals surface area (Å²) in [5.41, 5.74) is 1.63. The zero-order valence-corrected chi connectivity index (χ0v) is 13.3. The minimum absolute atomic E-state index is 0.216. The molecule has 0 aromatic heterocycles. The first kappa shape index (κ1) is 14.2. The lowest BCUT2D eigenvalue weighted by Gasteiger charge is -2.43. The van der Waals surface area contributed by atoms with E-state index in [9.17, 15) is 5.11 Å². The third kappa shape index (κ3) is 2.05. The lowest BCUT2D eigenvalue weighted by Crippen LogP contribution is -2.49. The molecule has 20 heavy (non-hydrogen) atoms. The minimum Gasteiger partial charge on any atom is -0.506 e. The molecule has 1 aromatic carbocycles. The molecule has 110 valence electrons. The minimum atomic E-state index is 0.216. The molecule has 0 radical (unpaired) electrons. The predicted octanol–water partition coefficient (Wildman–Crippen LogP) is 4.35. The van der Waals surface area contributed by atoms with Gasteiger partial charge in [0.25, 0.3) is 0 Å². The van der Waals surface area contributed by atoms with Gasteiger partial charge < -0.3 is 10.4 Å². The first-order chi connectivity index (χ1) is 9.34. The van der Waals surface area contributed by atoms with Gasteiger partial charge in [0, 0.05) is 18.2 Å². The van der Waals surface area contributed by atoms with Crippen LogP contribution in [0.1, 0.15) is 45.6 Å². The van der Waals surface area contributed by atoms with Gasteiger partial charge in [0.15, 0.2) is 0 Å². The summed E-state index contributed by atoms with van der Waals surface area (Å²) >= 11 is 5.98. The Labute approximate surface area is 126 Å². The Balaban J connectivity index is 1.77. The third-order valence-corrected chi connectivity index (χ3v) is 6.14. The van der Waals surface area contributed by atoms with E-state index in [-0.39, 0.29) is 5.75 Å². The zero-order valence-electron chi connectivity index (χ0n) is 12.5. The average Bonchev–Trinajstić information content (AvgIpc) is 2.85. The van der Waals surface area contributed by atoms with Crippen LogP contribution in [0.3, 0.4) is 0 Å². The maximum Gasteiger partial charge on any atom is 0.138 e. The van der Waals surface area contributed by atoms with Crippen LogP contribution in [0.5, 0.6) is 5.75 Å². The molecule has 1 aromatic rings. The van der Waals surface area contributed by atoms with E-state index in [2.05, 4.69) is 26.1 Å². The van der Waals surface area contributed by atoms with Crippen molar-refractivity contribution >= 4 is 11.6 Å². The normalized spacial score (nSPS) is 34.6. The summed E-state index contributed by atoms with van der Waals surface area (Å²) in [6, 6.07) is 6.07. The Morgan fingerprint density at radius 3 is 2.75 bits per heavy atom. The van der Waals surface area contributed by atoms with E-state index >= 15 is 0 Å². The van der Waals surface area contributed by atoms with Crippen molar-refractivity contribution in [2.45, 2.75) is 52.6 Å². The molecule has 2 bridgehead atoms. The van der Waals surface area contributed by atoms with Crippen LogP contribution in [-0.4, -0.2) is 11.1 Å². The number of para-hydroxylation sites is 1. The van der Waals surface area contributed by atoms with Crippen molar-refractivity contribution in [2.24, 2.45) is 16.7 Å². The van der Waals surface area contributed by atoms with Crippen molar-refractivity contribution in [1.82, 2.24) is 5.32 Å². The van der Waals surface area contributed by atoms with Gasteiger partial charge in [-0.05, 0) is 42.1 Å². The van der Waals surface area contributed by atoms with Gasteiger partial charge in [-0.15, -0.1) is 0 Å². The molecule has 0 aliphatic heterocycles. The second-order valence-electron chi connectivity index (χ2n) is 7.48. The monoisotopic (exact) mass is 293 g/mol. The summed E-state index contributed by atoms with van der Waals surface area (Å²) in [4.78, 5) is 0. The number of aromatic hydroxyl groups is 1. The van der Waals surface area contributed by atoms with Crippen LogP contribution in [0.15, 0.2) is 18.2 Å². The molecule has 3 heteroatoms. The smallest absolute Gasteiger partial charge is 0.138 e. The summed E-state index contributed by atoms with van der Waals surface area (Å²) in [7, 11) is 0. The summed E-state index contributed by atoms with van der Waals surface area (Å²) in [5.74, 6) is 1.05. The van der Waals surface area contributed by atoms with E-state index in [0.29, 0.717) is 28.4 Å². The molecule has 2 N–H and O–H groups in total. The van der Waals surface area contributed by atoms with Crippen LogP contribution in [0, 0.1) is 16.7 Å². The van der Waals surface area contributed by atoms with Crippen molar-refractivity contribution in [2.75, 3.05) is 0 Å². The van der Waals surface area contributed by atoms with Gasteiger partial charge in [-0.1, -0.05) is 44.5 Å². The summed E-state index contributed by atoms with van der Waals surface area (Å²) in [6.45, 7) is 7.87. The first-order valence-electron chi connectivity index (χ1n) is 7.54. The number of phenolic OH excluding ortho intramolecular Hbond substituents is 1. The highest BCUT2D eigenvalue weighted by Crippen LogP contribution is 2.62. The third-order valence-electron chi connectivity index (χ3n) is 5.84. The fraction of sp³-hybridized carbons (Fsp3) is 0.647.